The van der Waals surface area contributed by atoms with E-state index in [1.165, 1.54) is 29.3 Å². The van der Waals surface area contributed by atoms with E-state index in [4.69, 9.17) is 4.74 Å². The third-order valence-corrected chi connectivity index (χ3v) is 3.68. The van der Waals surface area contributed by atoms with Crippen LogP contribution in [0.1, 0.15) is 24.8 Å². The highest BCUT2D eigenvalue weighted by atomic mass is 16.5. The van der Waals surface area contributed by atoms with Gasteiger partial charge in [0.05, 0.1) is 0 Å². The molecule has 0 bridgehead atoms. The lowest BCUT2D eigenvalue weighted by Gasteiger charge is -2.05. The Morgan fingerprint density at radius 3 is 3.05 bits per heavy atom. The van der Waals surface area contributed by atoms with Gasteiger partial charge in [0.15, 0.2) is 0 Å². The first-order chi connectivity index (χ1) is 9.43. The molecule has 0 saturated heterocycles. The minimum Gasteiger partial charge on any atom is -0.381 e. The Labute approximate surface area is 114 Å². The second kappa shape index (κ2) is 6.22. The SMILES string of the molecule is c1ccc2c(CNCCCOCC3CC3)c[nH]c2c1. The van der Waals surface area contributed by atoms with Crippen molar-refractivity contribution < 1.29 is 4.74 Å². The summed E-state index contributed by atoms with van der Waals surface area (Å²) >= 11 is 0. The van der Waals surface area contributed by atoms with Crippen molar-refractivity contribution in [3.63, 3.8) is 0 Å². The van der Waals surface area contributed by atoms with E-state index in [0.717, 1.165) is 38.6 Å². The minimum absolute atomic E-state index is 0.874. The number of aromatic amines is 1. The van der Waals surface area contributed by atoms with Crippen LogP contribution in [0.4, 0.5) is 0 Å². The topological polar surface area (TPSA) is 37.0 Å². The molecule has 1 fully saturated rings. The van der Waals surface area contributed by atoms with Gasteiger partial charge >= 0.3 is 0 Å². The quantitative estimate of drug-likeness (QED) is 0.714. The molecule has 0 spiro atoms. The molecule has 1 aromatic carbocycles. The standard InChI is InChI=1S/C16H22N2O/c1-2-5-16-15(4-1)14(11-18-16)10-17-8-3-9-19-12-13-6-7-13/h1-2,4-5,11,13,17-18H,3,6-10,12H2. The number of hydrogen-bond acceptors (Lipinski definition) is 2. The van der Waals surface area contributed by atoms with Crippen LogP contribution in [0.3, 0.4) is 0 Å². The molecule has 1 heterocycles. The van der Waals surface area contributed by atoms with Crippen molar-refractivity contribution in [2.45, 2.75) is 25.8 Å². The number of ether oxygens (including phenoxy) is 1. The Morgan fingerprint density at radius 1 is 1.26 bits per heavy atom. The van der Waals surface area contributed by atoms with E-state index >= 15 is 0 Å². The molecule has 0 aliphatic heterocycles. The molecule has 0 amide bonds. The van der Waals surface area contributed by atoms with Gasteiger partial charge in [-0.25, -0.2) is 0 Å². The van der Waals surface area contributed by atoms with E-state index in [-0.39, 0.29) is 0 Å². The van der Waals surface area contributed by atoms with E-state index in [2.05, 4.69) is 40.8 Å². The normalized spacial score (nSPS) is 15.2. The maximum Gasteiger partial charge on any atom is 0.0494 e. The number of benzene rings is 1. The van der Waals surface area contributed by atoms with Crippen LogP contribution in [0.15, 0.2) is 30.5 Å². The minimum atomic E-state index is 0.874. The van der Waals surface area contributed by atoms with Crippen LogP contribution in [0.2, 0.25) is 0 Å². The van der Waals surface area contributed by atoms with Crippen molar-refractivity contribution in [3.05, 3.63) is 36.0 Å². The largest absolute Gasteiger partial charge is 0.381 e. The Morgan fingerprint density at radius 2 is 2.16 bits per heavy atom. The average Bonchev–Trinajstić information content (AvgIpc) is 3.18. The van der Waals surface area contributed by atoms with Gasteiger partial charge in [-0.05, 0) is 43.4 Å². The van der Waals surface area contributed by atoms with Crippen molar-refractivity contribution in [3.8, 4) is 0 Å². The number of hydrogen-bond donors (Lipinski definition) is 2. The third-order valence-electron chi connectivity index (χ3n) is 3.68. The predicted octanol–water partition coefficient (Wildman–Crippen LogP) is 3.07. The summed E-state index contributed by atoms with van der Waals surface area (Å²) in [5.74, 6) is 0.874. The zero-order chi connectivity index (χ0) is 12.9. The summed E-state index contributed by atoms with van der Waals surface area (Å²) in [5, 5.41) is 4.80. The fourth-order valence-corrected chi connectivity index (χ4v) is 2.33. The predicted molar refractivity (Wildman–Crippen MR) is 78.2 cm³/mol. The summed E-state index contributed by atoms with van der Waals surface area (Å²) in [6.07, 6.45) is 5.94. The van der Waals surface area contributed by atoms with Gasteiger partial charge < -0.3 is 15.0 Å². The summed E-state index contributed by atoms with van der Waals surface area (Å²) < 4.78 is 5.62. The molecule has 19 heavy (non-hydrogen) atoms. The van der Waals surface area contributed by atoms with Crippen molar-refractivity contribution in [2.24, 2.45) is 5.92 Å². The third kappa shape index (κ3) is 3.58. The van der Waals surface area contributed by atoms with Crippen LogP contribution in [-0.2, 0) is 11.3 Å². The molecule has 1 aliphatic rings. The van der Waals surface area contributed by atoms with Gasteiger partial charge in [0.2, 0.25) is 0 Å². The number of rotatable bonds is 8. The van der Waals surface area contributed by atoms with Crippen LogP contribution in [-0.4, -0.2) is 24.7 Å². The first kappa shape index (κ1) is 12.7. The molecular weight excluding hydrogens is 236 g/mol. The number of fused-ring (bicyclic) bond motifs is 1. The Kier molecular flexibility index (Phi) is 4.16. The van der Waals surface area contributed by atoms with Gasteiger partial charge in [-0.1, -0.05) is 18.2 Å². The maximum absolute atomic E-state index is 5.62. The number of aromatic nitrogens is 1. The molecule has 102 valence electrons. The van der Waals surface area contributed by atoms with E-state index in [1.807, 2.05) is 0 Å². The maximum atomic E-state index is 5.62. The fourth-order valence-electron chi connectivity index (χ4n) is 2.33. The molecule has 3 rings (SSSR count). The average molecular weight is 258 g/mol. The molecule has 0 atom stereocenters. The van der Waals surface area contributed by atoms with Gasteiger partial charge in [0.1, 0.15) is 0 Å². The van der Waals surface area contributed by atoms with Crippen LogP contribution < -0.4 is 5.32 Å². The summed E-state index contributed by atoms with van der Waals surface area (Å²) in [7, 11) is 0. The number of nitrogens with one attached hydrogen (secondary N) is 2. The lowest BCUT2D eigenvalue weighted by molar-refractivity contribution is 0.122. The monoisotopic (exact) mass is 258 g/mol. The van der Waals surface area contributed by atoms with E-state index in [0.29, 0.717) is 0 Å². The molecule has 3 nitrogen and oxygen atoms in total. The zero-order valence-corrected chi connectivity index (χ0v) is 11.3. The van der Waals surface area contributed by atoms with Crippen LogP contribution in [0.25, 0.3) is 10.9 Å². The molecule has 1 aromatic heterocycles. The van der Waals surface area contributed by atoms with Crippen molar-refractivity contribution in [1.29, 1.82) is 0 Å². The van der Waals surface area contributed by atoms with Gasteiger partial charge in [-0.3, -0.25) is 0 Å². The van der Waals surface area contributed by atoms with Gasteiger partial charge in [-0.15, -0.1) is 0 Å². The first-order valence-corrected chi connectivity index (χ1v) is 7.27. The number of para-hydroxylation sites is 1. The highest BCUT2D eigenvalue weighted by Crippen LogP contribution is 2.28. The molecule has 0 unspecified atom stereocenters. The second-order valence-electron chi connectivity index (χ2n) is 5.41. The lowest BCUT2D eigenvalue weighted by Crippen LogP contribution is -2.16. The second-order valence-corrected chi connectivity index (χ2v) is 5.41. The highest BCUT2D eigenvalue weighted by Gasteiger charge is 2.20. The van der Waals surface area contributed by atoms with Crippen molar-refractivity contribution in [1.82, 2.24) is 10.3 Å². The molecule has 1 saturated carbocycles. The summed E-state index contributed by atoms with van der Waals surface area (Å²) in [6.45, 7) is 3.80. The zero-order valence-electron chi connectivity index (χ0n) is 11.3. The Bertz CT molecular complexity index is 516. The van der Waals surface area contributed by atoms with Gasteiger partial charge in [0, 0.05) is 36.9 Å². The van der Waals surface area contributed by atoms with Crippen LogP contribution in [0.5, 0.6) is 0 Å². The van der Waals surface area contributed by atoms with E-state index in [1.54, 1.807) is 0 Å². The molecule has 0 radical (unpaired) electrons. The van der Waals surface area contributed by atoms with Gasteiger partial charge in [0.25, 0.3) is 0 Å². The summed E-state index contributed by atoms with van der Waals surface area (Å²) in [6, 6.07) is 8.44. The van der Waals surface area contributed by atoms with E-state index in [9.17, 15) is 0 Å². The fraction of sp³-hybridized carbons (Fsp3) is 0.500. The summed E-state index contributed by atoms with van der Waals surface area (Å²) in [5.41, 5.74) is 2.56. The Hall–Kier alpha value is -1.32. The summed E-state index contributed by atoms with van der Waals surface area (Å²) in [4.78, 5) is 3.30. The van der Waals surface area contributed by atoms with Crippen LogP contribution in [0, 0.1) is 5.92 Å². The molecule has 1 aliphatic carbocycles. The van der Waals surface area contributed by atoms with Gasteiger partial charge in [-0.2, -0.15) is 0 Å². The number of H-pyrrole nitrogens is 1. The van der Waals surface area contributed by atoms with Crippen molar-refractivity contribution >= 4 is 10.9 Å². The van der Waals surface area contributed by atoms with Crippen molar-refractivity contribution in [2.75, 3.05) is 19.8 Å². The van der Waals surface area contributed by atoms with Crippen LogP contribution >= 0.6 is 0 Å². The first-order valence-electron chi connectivity index (χ1n) is 7.27. The van der Waals surface area contributed by atoms with E-state index < -0.39 is 0 Å². The lowest BCUT2D eigenvalue weighted by atomic mass is 10.2. The molecular formula is C16H22N2O. The molecule has 3 heteroatoms. The Balaban J connectivity index is 1.35. The smallest absolute Gasteiger partial charge is 0.0494 e. The molecule has 2 aromatic rings. The molecule has 2 N–H and O–H groups in total. The highest BCUT2D eigenvalue weighted by molar-refractivity contribution is 5.82.